The maximum atomic E-state index is 14.2. The van der Waals surface area contributed by atoms with Crippen LogP contribution in [0.1, 0.15) is 105 Å². The first kappa shape index (κ1) is 26.4. The Balaban J connectivity index is 2.93. The first-order chi connectivity index (χ1) is 13.9. The van der Waals surface area contributed by atoms with Crippen molar-refractivity contribution in [2.24, 2.45) is 11.3 Å². The molecule has 0 aliphatic carbocycles. The third kappa shape index (κ3) is 9.45. The van der Waals surface area contributed by atoms with Crippen LogP contribution >= 0.6 is 0 Å². The maximum absolute atomic E-state index is 14.2. The summed E-state index contributed by atoms with van der Waals surface area (Å²) in [6.07, 6.45) is 11.2. The van der Waals surface area contributed by atoms with E-state index in [4.69, 9.17) is 0 Å². The predicted octanol–water partition coefficient (Wildman–Crippen LogP) is 9.57. The maximum Gasteiger partial charge on any atom is 0.123 e. The largest absolute Gasteiger partial charge is 0.207 e. The van der Waals surface area contributed by atoms with E-state index in [1.807, 2.05) is 0 Å². The van der Waals surface area contributed by atoms with Gasteiger partial charge in [-0.2, -0.15) is 0 Å². The highest BCUT2D eigenvalue weighted by molar-refractivity contribution is 5.42. The fourth-order valence-electron chi connectivity index (χ4n) is 3.68. The van der Waals surface area contributed by atoms with Gasteiger partial charge in [0.1, 0.15) is 5.82 Å². The lowest BCUT2D eigenvalue weighted by molar-refractivity contribution is 0.313. The molecule has 0 saturated carbocycles. The molecule has 0 spiro atoms. The van der Waals surface area contributed by atoms with Gasteiger partial charge < -0.3 is 0 Å². The minimum Gasteiger partial charge on any atom is -0.207 e. The number of rotatable bonds is 12. The third-order valence-corrected chi connectivity index (χ3v) is 6.35. The average Bonchev–Trinajstić information content (AvgIpc) is 2.65. The van der Waals surface area contributed by atoms with Crippen molar-refractivity contribution in [3.63, 3.8) is 0 Å². The van der Waals surface area contributed by atoms with Crippen LogP contribution in [0.3, 0.4) is 0 Å². The van der Waals surface area contributed by atoms with Crippen molar-refractivity contribution >= 4 is 0 Å². The van der Waals surface area contributed by atoms with Crippen molar-refractivity contribution in [2.45, 2.75) is 99.8 Å². The summed E-state index contributed by atoms with van der Waals surface area (Å²) in [5.41, 5.74) is 6.31. The summed E-state index contributed by atoms with van der Waals surface area (Å²) in [4.78, 5) is 0. The molecule has 0 aliphatic heterocycles. The van der Waals surface area contributed by atoms with Crippen LogP contribution in [-0.2, 0) is 6.42 Å². The first-order valence-electron chi connectivity index (χ1n) is 11.8. The van der Waals surface area contributed by atoms with Gasteiger partial charge in [-0.1, -0.05) is 83.9 Å². The number of allylic oxidation sites excluding steroid dienone is 5. The molecule has 0 aliphatic rings. The van der Waals surface area contributed by atoms with Crippen molar-refractivity contribution in [3.05, 3.63) is 70.6 Å². The smallest absolute Gasteiger partial charge is 0.123 e. The summed E-state index contributed by atoms with van der Waals surface area (Å²) in [6.45, 7) is 22.0. The molecule has 30 heavy (non-hydrogen) atoms. The van der Waals surface area contributed by atoms with E-state index in [0.717, 1.165) is 36.0 Å². The molecule has 1 aromatic rings. The molecule has 0 amide bonds. The van der Waals surface area contributed by atoms with Crippen LogP contribution in [0.2, 0.25) is 0 Å². The molecule has 1 heteroatoms. The quantitative estimate of drug-likeness (QED) is 0.300. The highest BCUT2D eigenvalue weighted by Gasteiger charge is 2.14. The van der Waals surface area contributed by atoms with Gasteiger partial charge in [0.15, 0.2) is 0 Å². The van der Waals surface area contributed by atoms with E-state index >= 15 is 0 Å². The minimum atomic E-state index is -0.128. The van der Waals surface area contributed by atoms with Gasteiger partial charge in [-0.3, -0.25) is 0 Å². The van der Waals surface area contributed by atoms with Crippen LogP contribution in [0.15, 0.2) is 53.6 Å². The van der Waals surface area contributed by atoms with E-state index in [1.165, 1.54) is 30.4 Å². The molecule has 0 nitrogen and oxygen atoms in total. The van der Waals surface area contributed by atoms with E-state index < -0.39 is 0 Å². The molecule has 1 atom stereocenters. The van der Waals surface area contributed by atoms with Crippen molar-refractivity contribution in [2.75, 3.05) is 0 Å². The zero-order valence-corrected chi connectivity index (χ0v) is 20.9. The van der Waals surface area contributed by atoms with Crippen LogP contribution in [-0.4, -0.2) is 0 Å². The summed E-state index contributed by atoms with van der Waals surface area (Å²) in [5, 5.41) is 0. The summed E-state index contributed by atoms with van der Waals surface area (Å²) in [5.74, 6) is 0.666. The monoisotopic (exact) mass is 412 g/mol. The van der Waals surface area contributed by atoms with E-state index in [2.05, 4.69) is 80.2 Å². The van der Waals surface area contributed by atoms with Crippen molar-refractivity contribution in [3.8, 4) is 0 Å². The summed E-state index contributed by atoms with van der Waals surface area (Å²) in [6, 6.07) is 5.53. The average molecular weight is 413 g/mol. The Morgan fingerprint density at radius 1 is 1.13 bits per heavy atom. The molecule has 0 radical (unpaired) electrons. The van der Waals surface area contributed by atoms with E-state index in [9.17, 15) is 4.39 Å². The Morgan fingerprint density at radius 2 is 1.80 bits per heavy atom. The predicted molar refractivity (Wildman–Crippen MR) is 133 cm³/mol. The summed E-state index contributed by atoms with van der Waals surface area (Å²) >= 11 is 0. The Bertz CT molecular complexity index is 746. The van der Waals surface area contributed by atoms with Gasteiger partial charge in [-0.05, 0) is 92.0 Å². The molecule has 1 aromatic carbocycles. The molecule has 0 aromatic heterocycles. The van der Waals surface area contributed by atoms with Gasteiger partial charge in [-0.25, -0.2) is 4.39 Å². The molecule has 0 heterocycles. The van der Waals surface area contributed by atoms with Gasteiger partial charge >= 0.3 is 0 Å². The number of hydrogen-bond donors (Lipinski definition) is 0. The van der Waals surface area contributed by atoms with Gasteiger partial charge in [0.05, 0.1) is 0 Å². The summed E-state index contributed by atoms with van der Waals surface area (Å²) in [7, 11) is 0. The molecule has 168 valence electrons. The lowest BCUT2D eigenvalue weighted by Gasteiger charge is -2.22. The fourth-order valence-corrected chi connectivity index (χ4v) is 3.68. The fraction of sp³-hybridized carbons (Fsp3) is 0.586. The Morgan fingerprint density at radius 3 is 2.37 bits per heavy atom. The standard InChI is InChI=1S/C29H45F/c1-10-29(8,9)17-11-12-24(7)28(22(4)5)16-14-23(6)26-18-25(15-13-21(2)3)19-27(30)20-26/h14,16,18-21,23H,4,10-13,15,17H2,1-3,5-9H3/b16-14-,28-24-. The van der Waals surface area contributed by atoms with Gasteiger partial charge in [-0.15, -0.1) is 0 Å². The molecule has 1 rings (SSSR count). The number of hydrogen-bond acceptors (Lipinski definition) is 0. The third-order valence-electron chi connectivity index (χ3n) is 6.35. The second-order valence-electron chi connectivity index (χ2n) is 10.3. The topological polar surface area (TPSA) is 0 Å². The number of aryl methyl sites for hydroxylation is 1. The second kappa shape index (κ2) is 12.3. The zero-order chi connectivity index (χ0) is 22.9. The zero-order valence-electron chi connectivity index (χ0n) is 20.9. The first-order valence-corrected chi connectivity index (χ1v) is 11.8. The Labute approximate surface area is 186 Å². The number of benzene rings is 1. The van der Waals surface area contributed by atoms with E-state index in [0.29, 0.717) is 11.3 Å². The SMILES string of the molecule is C=C(C)C(/C=C\C(C)c1cc(F)cc(CCC(C)C)c1)=C(/C)CCCC(C)(C)CC. The van der Waals surface area contributed by atoms with Crippen LogP contribution in [0.5, 0.6) is 0 Å². The minimum absolute atomic E-state index is 0.128. The van der Waals surface area contributed by atoms with Crippen LogP contribution in [0, 0.1) is 17.2 Å². The highest BCUT2D eigenvalue weighted by atomic mass is 19.1. The van der Waals surface area contributed by atoms with Crippen molar-refractivity contribution in [1.29, 1.82) is 0 Å². The van der Waals surface area contributed by atoms with E-state index in [1.54, 1.807) is 12.1 Å². The lowest BCUT2D eigenvalue weighted by Crippen LogP contribution is -2.09. The van der Waals surface area contributed by atoms with Crippen LogP contribution < -0.4 is 0 Å². The Kier molecular flexibility index (Phi) is 10.8. The van der Waals surface area contributed by atoms with Crippen molar-refractivity contribution < 1.29 is 4.39 Å². The van der Waals surface area contributed by atoms with E-state index in [-0.39, 0.29) is 11.7 Å². The normalized spacial score (nSPS) is 14.3. The Hall–Kier alpha value is -1.63. The van der Waals surface area contributed by atoms with Gasteiger partial charge in [0.2, 0.25) is 0 Å². The highest BCUT2D eigenvalue weighted by Crippen LogP contribution is 2.29. The molecule has 0 fully saturated rings. The van der Waals surface area contributed by atoms with Crippen LogP contribution in [0.4, 0.5) is 4.39 Å². The molecule has 0 bridgehead atoms. The van der Waals surface area contributed by atoms with Crippen molar-refractivity contribution in [1.82, 2.24) is 0 Å². The molecular formula is C29H45F. The second-order valence-corrected chi connectivity index (χ2v) is 10.3. The summed E-state index contributed by atoms with van der Waals surface area (Å²) < 4.78 is 14.2. The molecule has 0 saturated heterocycles. The molecule has 1 unspecified atom stereocenters. The molecular weight excluding hydrogens is 367 g/mol. The van der Waals surface area contributed by atoms with Gasteiger partial charge in [0, 0.05) is 0 Å². The molecule has 0 N–H and O–H groups in total. The lowest BCUT2D eigenvalue weighted by atomic mass is 9.83. The van der Waals surface area contributed by atoms with Gasteiger partial charge in [0.25, 0.3) is 0 Å². The number of halogens is 1. The van der Waals surface area contributed by atoms with Crippen LogP contribution in [0.25, 0.3) is 0 Å².